The first-order valence-corrected chi connectivity index (χ1v) is 5.77. The Balaban J connectivity index is 2.10. The van der Waals surface area contributed by atoms with Gasteiger partial charge in [-0.1, -0.05) is 28.1 Å². The molecule has 0 saturated carbocycles. The van der Waals surface area contributed by atoms with Gasteiger partial charge in [-0.05, 0) is 30.0 Å². The van der Waals surface area contributed by atoms with Crippen molar-refractivity contribution in [2.45, 2.75) is 18.4 Å². The van der Waals surface area contributed by atoms with Crippen LogP contribution in [0.1, 0.15) is 17.9 Å². The maximum Gasteiger partial charge on any atom is 0.0175 e. The van der Waals surface area contributed by atoms with Crippen LogP contribution < -0.4 is 11.1 Å². The third-order valence-corrected chi connectivity index (χ3v) is 3.25. The molecule has 0 radical (unpaired) electrons. The molecular weight excluding hydrogens is 240 g/mol. The number of nitrogens with one attached hydrogen (secondary N) is 1. The monoisotopic (exact) mass is 254 g/mol. The average Bonchev–Trinajstić information content (AvgIpc) is 2.19. The summed E-state index contributed by atoms with van der Waals surface area (Å²) in [5, 5.41) is 3.36. The van der Waals surface area contributed by atoms with E-state index in [1.165, 1.54) is 5.56 Å². The molecule has 3 heteroatoms. The Morgan fingerprint density at radius 3 is 2.57 bits per heavy atom. The van der Waals surface area contributed by atoms with Gasteiger partial charge < -0.3 is 11.1 Å². The number of nitrogens with two attached hydrogens (primary N) is 1. The molecule has 0 bridgehead atoms. The van der Waals surface area contributed by atoms with E-state index < -0.39 is 0 Å². The van der Waals surface area contributed by atoms with E-state index in [0.29, 0.717) is 12.0 Å². The summed E-state index contributed by atoms with van der Waals surface area (Å²) in [6, 6.07) is 8.84. The second-order valence-corrected chi connectivity index (χ2v) is 4.82. The fourth-order valence-electron chi connectivity index (χ4n) is 1.96. The summed E-state index contributed by atoms with van der Waals surface area (Å²) in [6.07, 6.45) is 1.09. The van der Waals surface area contributed by atoms with Crippen molar-refractivity contribution in [3.05, 3.63) is 34.3 Å². The maximum atomic E-state index is 5.92. The van der Waals surface area contributed by atoms with Gasteiger partial charge in [0, 0.05) is 23.6 Å². The van der Waals surface area contributed by atoms with Crippen molar-refractivity contribution in [2.75, 3.05) is 13.1 Å². The fourth-order valence-corrected chi connectivity index (χ4v) is 2.23. The summed E-state index contributed by atoms with van der Waals surface area (Å²) in [5.74, 6) is 0.576. The number of rotatable bonds is 1. The van der Waals surface area contributed by atoms with Gasteiger partial charge in [-0.25, -0.2) is 0 Å². The van der Waals surface area contributed by atoms with Gasteiger partial charge in [0.2, 0.25) is 0 Å². The van der Waals surface area contributed by atoms with Crippen molar-refractivity contribution < 1.29 is 0 Å². The molecule has 76 valence electrons. The molecule has 2 unspecified atom stereocenters. The van der Waals surface area contributed by atoms with Gasteiger partial charge in [-0.3, -0.25) is 0 Å². The Morgan fingerprint density at radius 2 is 1.93 bits per heavy atom. The first kappa shape index (κ1) is 10.1. The quantitative estimate of drug-likeness (QED) is 0.803. The molecule has 1 heterocycles. The molecule has 1 saturated heterocycles. The lowest BCUT2D eigenvalue weighted by atomic mass is 9.90. The fraction of sp³-hybridized carbons (Fsp3) is 0.455. The minimum atomic E-state index is 0.303. The highest BCUT2D eigenvalue weighted by Crippen LogP contribution is 2.24. The maximum absolute atomic E-state index is 5.92. The zero-order chi connectivity index (χ0) is 9.97. The van der Waals surface area contributed by atoms with E-state index in [9.17, 15) is 0 Å². The largest absolute Gasteiger partial charge is 0.327 e. The van der Waals surface area contributed by atoms with Gasteiger partial charge in [-0.15, -0.1) is 0 Å². The van der Waals surface area contributed by atoms with E-state index in [-0.39, 0.29) is 0 Å². The zero-order valence-electron chi connectivity index (χ0n) is 8.04. The van der Waals surface area contributed by atoms with Crippen LogP contribution in [-0.4, -0.2) is 19.1 Å². The summed E-state index contributed by atoms with van der Waals surface area (Å²) in [4.78, 5) is 0. The number of hydrogen-bond acceptors (Lipinski definition) is 2. The van der Waals surface area contributed by atoms with E-state index >= 15 is 0 Å². The van der Waals surface area contributed by atoms with Crippen molar-refractivity contribution in [3.8, 4) is 0 Å². The van der Waals surface area contributed by atoms with Crippen LogP contribution >= 0.6 is 15.9 Å². The molecule has 0 aliphatic carbocycles. The highest BCUT2D eigenvalue weighted by molar-refractivity contribution is 9.10. The Labute approximate surface area is 93.0 Å². The Morgan fingerprint density at radius 1 is 1.21 bits per heavy atom. The Hall–Kier alpha value is -0.380. The molecule has 0 amide bonds. The lowest BCUT2D eigenvalue weighted by Gasteiger charge is -2.27. The number of halogens is 1. The molecule has 1 aliphatic heterocycles. The van der Waals surface area contributed by atoms with Gasteiger partial charge in [0.15, 0.2) is 0 Å². The average molecular weight is 255 g/mol. The standard InChI is InChI=1S/C11H15BrN2/c12-10-3-1-8(2-4-10)9-5-11(13)7-14-6-9/h1-4,9,11,14H,5-7,13H2. The molecule has 1 aromatic carbocycles. The summed E-state index contributed by atoms with van der Waals surface area (Å²) >= 11 is 3.44. The van der Waals surface area contributed by atoms with Gasteiger partial charge >= 0.3 is 0 Å². The van der Waals surface area contributed by atoms with E-state index in [0.717, 1.165) is 24.0 Å². The van der Waals surface area contributed by atoms with E-state index in [4.69, 9.17) is 5.73 Å². The highest BCUT2D eigenvalue weighted by atomic mass is 79.9. The Bertz CT molecular complexity index is 297. The third kappa shape index (κ3) is 2.35. The highest BCUT2D eigenvalue weighted by Gasteiger charge is 2.19. The molecule has 3 N–H and O–H groups in total. The van der Waals surface area contributed by atoms with Gasteiger partial charge in [0.25, 0.3) is 0 Å². The van der Waals surface area contributed by atoms with Crippen molar-refractivity contribution in [1.82, 2.24) is 5.32 Å². The van der Waals surface area contributed by atoms with E-state index in [2.05, 4.69) is 45.5 Å². The van der Waals surface area contributed by atoms with Crippen LogP contribution in [0.5, 0.6) is 0 Å². The molecule has 0 aromatic heterocycles. The molecule has 1 aromatic rings. The topological polar surface area (TPSA) is 38.0 Å². The van der Waals surface area contributed by atoms with Crippen molar-refractivity contribution in [3.63, 3.8) is 0 Å². The van der Waals surface area contributed by atoms with Crippen LogP contribution in [0.4, 0.5) is 0 Å². The molecule has 2 atom stereocenters. The van der Waals surface area contributed by atoms with E-state index in [1.54, 1.807) is 0 Å². The van der Waals surface area contributed by atoms with Crippen LogP contribution in [0, 0.1) is 0 Å². The molecule has 1 aliphatic rings. The number of piperidine rings is 1. The van der Waals surface area contributed by atoms with E-state index in [1.807, 2.05) is 0 Å². The van der Waals surface area contributed by atoms with Crippen molar-refractivity contribution in [1.29, 1.82) is 0 Å². The van der Waals surface area contributed by atoms with Crippen LogP contribution in [0.15, 0.2) is 28.7 Å². The molecule has 1 fully saturated rings. The molecule has 2 rings (SSSR count). The predicted molar refractivity (Wildman–Crippen MR) is 62.3 cm³/mol. The summed E-state index contributed by atoms with van der Waals surface area (Å²) in [5.41, 5.74) is 7.31. The minimum absolute atomic E-state index is 0.303. The summed E-state index contributed by atoms with van der Waals surface area (Å²) in [6.45, 7) is 2.00. The SMILES string of the molecule is NC1CNCC(c2ccc(Br)cc2)C1. The molecular formula is C11H15BrN2. The summed E-state index contributed by atoms with van der Waals surface area (Å²) in [7, 11) is 0. The predicted octanol–water partition coefficient (Wildman–Crippen LogP) is 1.85. The second-order valence-electron chi connectivity index (χ2n) is 3.90. The second kappa shape index (κ2) is 4.43. The number of hydrogen-bond donors (Lipinski definition) is 2. The van der Waals surface area contributed by atoms with Gasteiger partial charge in [0.1, 0.15) is 0 Å². The normalized spacial score (nSPS) is 27.6. The van der Waals surface area contributed by atoms with Crippen LogP contribution in [0.25, 0.3) is 0 Å². The molecule has 2 nitrogen and oxygen atoms in total. The van der Waals surface area contributed by atoms with Gasteiger partial charge in [0.05, 0.1) is 0 Å². The van der Waals surface area contributed by atoms with Crippen molar-refractivity contribution in [2.24, 2.45) is 5.73 Å². The number of benzene rings is 1. The van der Waals surface area contributed by atoms with Crippen LogP contribution in [0.3, 0.4) is 0 Å². The molecule has 0 spiro atoms. The third-order valence-electron chi connectivity index (χ3n) is 2.73. The first-order valence-electron chi connectivity index (χ1n) is 4.97. The zero-order valence-corrected chi connectivity index (χ0v) is 9.63. The molecule has 14 heavy (non-hydrogen) atoms. The lowest BCUT2D eigenvalue weighted by Crippen LogP contribution is -2.43. The van der Waals surface area contributed by atoms with Crippen LogP contribution in [0.2, 0.25) is 0 Å². The van der Waals surface area contributed by atoms with Crippen LogP contribution in [-0.2, 0) is 0 Å². The smallest absolute Gasteiger partial charge is 0.0175 e. The lowest BCUT2D eigenvalue weighted by molar-refractivity contribution is 0.412. The Kier molecular flexibility index (Phi) is 3.21. The van der Waals surface area contributed by atoms with Gasteiger partial charge in [-0.2, -0.15) is 0 Å². The van der Waals surface area contributed by atoms with Crippen molar-refractivity contribution >= 4 is 15.9 Å². The minimum Gasteiger partial charge on any atom is -0.327 e. The first-order chi connectivity index (χ1) is 6.75. The summed E-state index contributed by atoms with van der Waals surface area (Å²) < 4.78 is 1.13.